The molecule has 4 nitrogen and oxygen atoms in total. The maximum atomic E-state index is 11.2. The molecule has 3 aromatic rings. The highest BCUT2D eigenvalue weighted by Crippen LogP contribution is 2.24. The molecule has 2 heterocycles. The molecule has 0 bridgehead atoms. The average Bonchev–Trinajstić information content (AvgIpc) is 3.09. The number of imidazole rings is 1. The number of hydrogen-bond donors (Lipinski definition) is 0. The van der Waals surface area contributed by atoms with Gasteiger partial charge in [0.05, 0.1) is 12.8 Å². The Morgan fingerprint density at radius 3 is 2.90 bits per heavy atom. The van der Waals surface area contributed by atoms with Crippen LogP contribution in [0, 0.1) is 0 Å². The van der Waals surface area contributed by atoms with Gasteiger partial charge in [-0.1, -0.05) is 30.3 Å². The van der Waals surface area contributed by atoms with Gasteiger partial charge in [0.15, 0.2) is 4.96 Å². The summed E-state index contributed by atoms with van der Waals surface area (Å²) in [7, 11) is 1.42. The molecule has 0 fully saturated rings. The van der Waals surface area contributed by atoms with Crippen molar-refractivity contribution >= 4 is 22.3 Å². The Morgan fingerprint density at radius 1 is 1.33 bits per heavy atom. The SMILES string of the molecule is COC(=O)CCCc1csc2nc(-c3ccccc3)cn12. The fraction of sp³-hybridized carbons (Fsp3) is 0.250. The van der Waals surface area contributed by atoms with E-state index in [-0.39, 0.29) is 5.97 Å². The van der Waals surface area contributed by atoms with E-state index in [1.807, 2.05) is 18.2 Å². The highest BCUT2D eigenvalue weighted by atomic mass is 32.1. The van der Waals surface area contributed by atoms with E-state index in [0.717, 1.165) is 29.1 Å². The minimum atomic E-state index is -0.155. The van der Waals surface area contributed by atoms with Crippen LogP contribution in [0.4, 0.5) is 0 Å². The van der Waals surface area contributed by atoms with E-state index in [1.54, 1.807) is 11.3 Å². The molecule has 0 N–H and O–H groups in total. The van der Waals surface area contributed by atoms with Crippen molar-refractivity contribution in [2.24, 2.45) is 0 Å². The summed E-state index contributed by atoms with van der Waals surface area (Å²) < 4.78 is 6.78. The lowest BCUT2D eigenvalue weighted by molar-refractivity contribution is -0.140. The molecule has 0 amide bonds. The van der Waals surface area contributed by atoms with Gasteiger partial charge < -0.3 is 4.74 Å². The van der Waals surface area contributed by atoms with Crippen molar-refractivity contribution in [1.82, 2.24) is 9.38 Å². The topological polar surface area (TPSA) is 43.6 Å². The van der Waals surface area contributed by atoms with E-state index in [2.05, 4.69) is 37.8 Å². The molecule has 0 saturated heterocycles. The van der Waals surface area contributed by atoms with Gasteiger partial charge in [-0.15, -0.1) is 11.3 Å². The van der Waals surface area contributed by atoms with Crippen LogP contribution in [0.5, 0.6) is 0 Å². The predicted molar refractivity (Wildman–Crippen MR) is 83.5 cm³/mol. The van der Waals surface area contributed by atoms with Gasteiger partial charge in [-0.05, 0) is 12.8 Å². The van der Waals surface area contributed by atoms with Crippen molar-refractivity contribution in [2.75, 3.05) is 7.11 Å². The molecule has 3 rings (SSSR count). The standard InChI is InChI=1S/C16H16N2O2S/c1-20-15(19)9-5-8-13-11-21-16-17-14(10-18(13)16)12-6-3-2-4-7-12/h2-4,6-7,10-11H,5,8-9H2,1H3. The third kappa shape index (κ3) is 2.97. The Balaban J connectivity index is 1.79. The molecule has 1 aromatic carbocycles. The monoisotopic (exact) mass is 300 g/mol. The van der Waals surface area contributed by atoms with E-state index in [9.17, 15) is 4.79 Å². The van der Waals surface area contributed by atoms with Gasteiger partial charge in [-0.25, -0.2) is 4.98 Å². The van der Waals surface area contributed by atoms with Crippen molar-refractivity contribution in [2.45, 2.75) is 19.3 Å². The first-order chi connectivity index (χ1) is 10.3. The maximum absolute atomic E-state index is 11.2. The van der Waals surface area contributed by atoms with Crippen LogP contribution in [0.15, 0.2) is 41.9 Å². The fourth-order valence-corrected chi connectivity index (χ4v) is 3.18. The molecular weight excluding hydrogens is 284 g/mol. The second kappa shape index (κ2) is 6.10. The van der Waals surface area contributed by atoms with Gasteiger partial charge in [0.25, 0.3) is 0 Å². The van der Waals surface area contributed by atoms with Crippen LogP contribution in [-0.4, -0.2) is 22.5 Å². The number of ether oxygens (including phenoxy) is 1. The van der Waals surface area contributed by atoms with E-state index < -0.39 is 0 Å². The van der Waals surface area contributed by atoms with Gasteiger partial charge >= 0.3 is 5.97 Å². The Hall–Kier alpha value is -2.14. The quantitative estimate of drug-likeness (QED) is 0.677. The van der Waals surface area contributed by atoms with Crippen molar-refractivity contribution in [3.63, 3.8) is 0 Å². The maximum Gasteiger partial charge on any atom is 0.305 e. The number of fused-ring (bicyclic) bond motifs is 1. The second-order valence-electron chi connectivity index (χ2n) is 4.80. The molecule has 0 saturated carbocycles. The van der Waals surface area contributed by atoms with Gasteiger partial charge in [-0.2, -0.15) is 0 Å². The van der Waals surface area contributed by atoms with E-state index in [0.29, 0.717) is 6.42 Å². The van der Waals surface area contributed by atoms with Crippen molar-refractivity contribution in [3.8, 4) is 11.3 Å². The van der Waals surface area contributed by atoms with Crippen LogP contribution in [0.25, 0.3) is 16.2 Å². The first kappa shape index (κ1) is 13.8. The fourth-order valence-electron chi connectivity index (χ4n) is 2.27. The molecule has 0 aliphatic heterocycles. The summed E-state index contributed by atoms with van der Waals surface area (Å²) in [5.41, 5.74) is 3.29. The highest BCUT2D eigenvalue weighted by molar-refractivity contribution is 7.15. The first-order valence-electron chi connectivity index (χ1n) is 6.85. The lowest BCUT2D eigenvalue weighted by Gasteiger charge is -1.99. The summed E-state index contributed by atoms with van der Waals surface area (Å²) in [5, 5.41) is 2.11. The van der Waals surface area contributed by atoms with Crippen LogP contribution < -0.4 is 0 Å². The zero-order chi connectivity index (χ0) is 14.7. The van der Waals surface area contributed by atoms with Crippen LogP contribution in [0.3, 0.4) is 0 Å². The van der Waals surface area contributed by atoms with Crippen LogP contribution >= 0.6 is 11.3 Å². The summed E-state index contributed by atoms with van der Waals surface area (Å²) in [4.78, 5) is 16.8. The molecule has 0 radical (unpaired) electrons. The zero-order valence-corrected chi connectivity index (χ0v) is 12.6. The lowest BCUT2D eigenvalue weighted by Crippen LogP contribution is -2.01. The number of aromatic nitrogens is 2. The molecule has 108 valence electrons. The van der Waals surface area contributed by atoms with Crippen molar-refractivity contribution in [3.05, 3.63) is 47.6 Å². The summed E-state index contributed by atoms with van der Waals surface area (Å²) in [6, 6.07) is 10.1. The Kier molecular flexibility index (Phi) is 4.01. The van der Waals surface area contributed by atoms with Crippen LogP contribution in [0.1, 0.15) is 18.5 Å². The average molecular weight is 300 g/mol. The molecule has 2 aromatic heterocycles. The molecule has 0 atom stereocenters. The third-order valence-electron chi connectivity index (χ3n) is 3.39. The molecule has 0 spiro atoms. The number of esters is 1. The third-order valence-corrected chi connectivity index (χ3v) is 4.28. The van der Waals surface area contributed by atoms with E-state index in [4.69, 9.17) is 0 Å². The number of nitrogens with zero attached hydrogens (tertiary/aromatic N) is 2. The predicted octanol–water partition coefficient (Wildman–Crippen LogP) is 3.56. The normalized spacial score (nSPS) is 10.9. The molecule has 21 heavy (non-hydrogen) atoms. The summed E-state index contributed by atoms with van der Waals surface area (Å²) in [6.07, 6.45) is 4.15. The number of carbonyl (C=O) groups excluding carboxylic acids is 1. The van der Waals surface area contributed by atoms with Crippen LogP contribution in [-0.2, 0) is 16.0 Å². The number of methoxy groups -OCH3 is 1. The first-order valence-corrected chi connectivity index (χ1v) is 7.73. The molecule has 0 aliphatic rings. The largest absolute Gasteiger partial charge is 0.469 e. The summed E-state index contributed by atoms with van der Waals surface area (Å²) >= 11 is 1.63. The molecule has 0 unspecified atom stereocenters. The van der Waals surface area contributed by atoms with Gasteiger partial charge in [0.2, 0.25) is 0 Å². The molecule has 5 heteroatoms. The van der Waals surface area contributed by atoms with Gasteiger partial charge in [0.1, 0.15) is 0 Å². The zero-order valence-electron chi connectivity index (χ0n) is 11.8. The Labute approximate surface area is 127 Å². The number of carbonyl (C=O) groups is 1. The number of hydrogen-bond acceptors (Lipinski definition) is 4. The highest BCUT2D eigenvalue weighted by Gasteiger charge is 2.10. The Morgan fingerprint density at radius 2 is 2.14 bits per heavy atom. The lowest BCUT2D eigenvalue weighted by atomic mass is 10.2. The van der Waals surface area contributed by atoms with Gasteiger partial charge in [0, 0.05) is 29.3 Å². The van der Waals surface area contributed by atoms with Gasteiger partial charge in [-0.3, -0.25) is 9.20 Å². The second-order valence-corrected chi connectivity index (χ2v) is 5.64. The Bertz CT molecular complexity index is 746. The summed E-state index contributed by atoms with van der Waals surface area (Å²) in [6.45, 7) is 0. The van der Waals surface area contributed by atoms with E-state index >= 15 is 0 Å². The van der Waals surface area contributed by atoms with Crippen molar-refractivity contribution < 1.29 is 9.53 Å². The van der Waals surface area contributed by atoms with Crippen molar-refractivity contribution in [1.29, 1.82) is 0 Å². The number of benzene rings is 1. The van der Waals surface area contributed by atoms with Crippen LogP contribution in [0.2, 0.25) is 0 Å². The minimum absolute atomic E-state index is 0.155. The minimum Gasteiger partial charge on any atom is -0.469 e. The van der Waals surface area contributed by atoms with E-state index in [1.165, 1.54) is 12.8 Å². The molecule has 0 aliphatic carbocycles. The molecular formula is C16H16N2O2S. The summed E-state index contributed by atoms with van der Waals surface area (Å²) in [5.74, 6) is -0.155. The smallest absolute Gasteiger partial charge is 0.305 e. The number of thiazole rings is 1. The number of rotatable bonds is 5. The number of aryl methyl sites for hydroxylation is 1.